The number of para-hydroxylation sites is 1. The molecule has 328 valence electrons. The number of hydrogen-bond acceptors (Lipinski definition) is 7. The molecule has 13 aromatic rings. The highest BCUT2D eigenvalue weighted by Crippen LogP contribution is 2.40. The van der Waals surface area contributed by atoms with Crippen molar-refractivity contribution in [1.29, 1.82) is 0 Å². The van der Waals surface area contributed by atoms with Crippen molar-refractivity contribution in [2.45, 2.75) is 6.42 Å². The lowest BCUT2D eigenvalue weighted by Crippen LogP contribution is -1.97. The third kappa shape index (κ3) is 7.90. The first-order valence-corrected chi connectivity index (χ1v) is 23.3. The van der Waals surface area contributed by atoms with Crippen molar-refractivity contribution >= 4 is 59.8 Å². The Kier molecular flexibility index (Phi) is 10.9. The van der Waals surface area contributed by atoms with E-state index in [1.165, 1.54) is 27.6 Å². The molecule has 1 N–H and O–H groups in total. The van der Waals surface area contributed by atoms with Crippen molar-refractivity contribution in [3.8, 4) is 56.3 Å². The summed E-state index contributed by atoms with van der Waals surface area (Å²) < 4.78 is 5.28. The maximum atomic E-state index is 4.75. The Labute approximate surface area is 404 Å². The molecule has 0 saturated carbocycles. The normalized spacial score (nSPS) is 11.5. The molecule has 0 spiro atoms. The summed E-state index contributed by atoms with van der Waals surface area (Å²) in [5.74, 6) is 0. The van der Waals surface area contributed by atoms with Gasteiger partial charge < -0.3 is 4.57 Å². The molecule has 0 radical (unpaired) electrons. The van der Waals surface area contributed by atoms with Gasteiger partial charge in [-0.25, -0.2) is 4.68 Å². The molecule has 6 aromatic heterocycles. The van der Waals surface area contributed by atoms with Crippen LogP contribution in [0.2, 0.25) is 0 Å². The Hall–Kier alpha value is -8.93. The highest BCUT2D eigenvalue weighted by molar-refractivity contribution is 9.10. The van der Waals surface area contributed by atoms with Gasteiger partial charge in [0, 0.05) is 62.6 Å². The maximum absolute atomic E-state index is 4.75. The minimum absolute atomic E-state index is 0.847. The van der Waals surface area contributed by atoms with Crippen molar-refractivity contribution in [1.82, 2.24) is 49.9 Å². The van der Waals surface area contributed by atoms with Gasteiger partial charge in [0.25, 0.3) is 0 Å². The maximum Gasteiger partial charge on any atom is 0.138 e. The first-order valence-electron chi connectivity index (χ1n) is 22.5. The summed E-state index contributed by atoms with van der Waals surface area (Å²) in [5, 5.41) is 22.8. The molecule has 11 heteroatoms. The molecule has 1 aliphatic rings. The van der Waals surface area contributed by atoms with Gasteiger partial charge in [-0.3, -0.25) is 15.0 Å². The highest BCUT2D eigenvalue weighted by Gasteiger charge is 2.22. The molecule has 0 unspecified atom stereocenters. The summed E-state index contributed by atoms with van der Waals surface area (Å²) in [6.45, 7) is 0. The smallest absolute Gasteiger partial charge is 0.138 e. The number of H-pyrrole nitrogens is 1. The highest BCUT2D eigenvalue weighted by atomic mass is 79.9. The Morgan fingerprint density at radius 2 is 1.10 bits per heavy atom. The zero-order valence-corrected chi connectivity index (χ0v) is 38.5. The Morgan fingerprint density at radius 3 is 1.81 bits per heavy atom. The van der Waals surface area contributed by atoms with Gasteiger partial charge in [0.15, 0.2) is 0 Å². The number of benzene rings is 7. The first-order chi connectivity index (χ1) is 34.1. The summed E-state index contributed by atoms with van der Waals surface area (Å²) in [5.41, 5.74) is 19.3. The molecule has 0 saturated heterocycles. The van der Waals surface area contributed by atoms with Gasteiger partial charge in [-0.15, -0.1) is 5.10 Å². The standard InChI is InChI=1S/C34H22N6.C13H9N3.C11H8BrN/c1-2-16-31-27(13-1)28-17-18-32-33(34(28)39(31)25-11-7-9-23(21-25)29-14-3-5-19-35-29)37-38-40(32)26-12-8-10-24(22-26)30-15-4-6-20-36-30;1-2-4-9-8(3-1)7-11-10(9)5-6-12-13(11)15-16-14-12;12-10-5-3-4-9(8-10)11-6-1-2-7-13-11/h1-22H;1-6H,7H2,(H,14,15,16);1-8H. The molecule has 0 aliphatic heterocycles. The van der Waals surface area contributed by atoms with E-state index < -0.39 is 0 Å². The van der Waals surface area contributed by atoms with Crippen LogP contribution in [0.25, 0.3) is 100 Å². The van der Waals surface area contributed by atoms with Crippen LogP contribution in [0, 0.1) is 0 Å². The van der Waals surface area contributed by atoms with Crippen LogP contribution in [0.4, 0.5) is 0 Å². The van der Waals surface area contributed by atoms with Crippen molar-refractivity contribution in [3.05, 3.63) is 234 Å². The van der Waals surface area contributed by atoms with Crippen LogP contribution in [0.15, 0.2) is 223 Å². The fourth-order valence-corrected chi connectivity index (χ4v) is 9.67. The van der Waals surface area contributed by atoms with Crippen LogP contribution in [-0.4, -0.2) is 49.9 Å². The topological polar surface area (TPSA) is 116 Å². The fraction of sp³-hybridized carbons (Fsp3) is 0.0172. The van der Waals surface area contributed by atoms with Gasteiger partial charge in [0.1, 0.15) is 16.6 Å². The van der Waals surface area contributed by atoms with E-state index in [-0.39, 0.29) is 0 Å². The molecule has 0 atom stereocenters. The molecule has 14 rings (SSSR count). The first kappa shape index (κ1) is 41.5. The molecule has 0 fully saturated rings. The van der Waals surface area contributed by atoms with Crippen LogP contribution in [0.1, 0.15) is 11.1 Å². The number of rotatable bonds is 5. The largest absolute Gasteiger partial charge is 0.307 e. The fourth-order valence-electron chi connectivity index (χ4n) is 9.27. The van der Waals surface area contributed by atoms with Crippen molar-refractivity contribution < 1.29 is 0 Å². The summed E-state index contributed by atoms with van der Waals surface area (Å²) in [6.07, 6.45) is 6.41. The second-order valence-electron chi connectivity index (χ2n) is 16.6. The molecule has 69 heavy (non-hydrogen) atoms. The zero-order valence-electron chi connectivity index (χ0n) is 36.9. The van der Waals surface area contributed by atoms with E-state index in [1.807, 2.05) is 102 Å². The predicted molar refractivity (Wildman–Crippen MR) is 279 cm³/mol. The number of hydrogen-bond donors (Lipinski definition) is 1. The number of halogens is 1. The lowest BCUT2D eigenvalue weighted by molar-refractivity contribution is 0.824. The average Bonchev–Trinajstić information content (AvgIpc) is 4.23. The second-order valence-corrected chi connectivity index (χ2v) is 17.5. The van der Waals surface area contributed by atoms with Crippen molar-refractivity contribution in [2.24, 2.45) is 0 Å². The SMILES string of the molecule is Brc1cccc(-c2ccccn2)c1.c1ccc(-c2cccc(-n3nnc4c3ccc3c5ccccc5n(-c5cccc(-c6ccccn6)c5)c34)c2)nc1.c1ccc2c(c1)Cc1c-2ccc2n[nH]nc12. The monoisotopic (exact) mass is 954 g/mol. The van der Waals surface area contributed by atoms with Gasteiger partial charge in [-0.2, -0.15) is 15.4 Å². The van der Waals surface area contributed by atoms with Gasteiger partial charge in [-0.05, 0) is 119 Å². The molecule has 0 bridgehead atoms. The number of fused-ring (bicyclic) bond motifs is 10. The summed E-state index contributed by atoms with van der Waals surface area (Å²) in [7, 11) is 0. The minimum atomic E-state index is 0.847. The van der Waals surface area contributed by atoms with Crippen molar-refractivity contribution in [3.63, 3.8) is 0 Å². The van der Waals surface area contributed by atoms with E-state index >= 15 is 0 Å². The van der Waals surface area contributed by atoms with E-state index in [4.69, 9.17) is 5.10 Å². The molecular formula is C58H39BrN10. The van der Waals surface area contributed by atoms with Crippen LogP contribution in [0.3, 0.4) is 0 Å². The van der Waals surface area contributed by atoms with E-state index in [0.29, 0.717) is 0 Å². The minimum Gasteiger partial charge on any atom is -0.307 e. The van der Waals surface area contributed by atoms with Gasteiger partial charge in [-0.1, -0.05) is 124 Å². The number of pyridine rings is 3. The number of aromatic amines is 1. The molecule has 7 aromatic carbocycles. The van der Waals surface area contributed by atoms with Gasteiger partial charge in [0.05, 0.1) is 39.3 Å². The number of nitrogens with one attached hydrogen (secondary N) is 1. The zero-order chi connectivity index (χ0) is 46.1. The van der Waals surface area contributed by atoms with Gasteiger partial charge >= 0.3 is 0 Å². The molecular weight excluding hydrogens is 917 g/mol. The third-order valence-electron chi connectivity index (χ3n) is 12.4. The quantitative estimate of drug-likeness (QED) is 0.183. The summed E-state index contributed by atoms with van der Waals surface area (Å²) in [6, 6.07) is 68.2. The van der Waals surface area contributed by atoms with Crippen LogP contribution in [-0.2, 0) is 6.42 Å². The van der Waals surface area contributed by atoms with E-state index in [2.05, 4.69) is 171 Å². The number of aromatic nitrogens is 10. The Bertz CT molecular complexity index is 3960. The molecule has 10 nitrogen and oxygen atoms in total. The summed E-state index contributed by atoms with van der Waals surface area (Å²) >= 11 is 3.43. The van der Waals surface area contributed by atoms with Gasteiger partial charge in [0.2, 0.25) is 0 Å². The van der Waals surface area contributed by atoms with E-state index in [0.717, 1.165) is 94.5 Å². The molecule has 6 heterocycles. The third-order valence-corrected chi connectivity index (χ3v) is 12.9. The molecule has 0 amide bonds. The Balaban J connectivity index is 0.000000137. The van der Waals surface area contributed by atoms with Crippen LogP contribution >= 0.6 is 15.9 Å². The molecule has 1 aliphatic carbocycles. The van der Waals surface area contributed by atoms with Crippen LogP contribution in [0.5, 0.6) is 0 Å². The van der Waals surface area contributed by atoms with E-state index in [9.17, 15) is 0 Å². The average molecular weight is 956 g/mol. The van der Waals surface area contributed by atoms with Crippen LogP contribution < -0.4 is 0 Å². The lowest BCUT2D eigenvalue weighted by Gasteiger charge is -2.10. The lowest BCUT2D eigenvalue weighted by atomic mass is 10.1. The summed E-state index contributed by atoms with van der Waals surface area (Å²) in [4.78, 5) is 13.4. The van der Waals surface area contributed by atoms with E-state index in [1.54, 1.807) is 6.20 Å². The Morgan fingerprint density at radius 1 is 0.464 bits per heavy atom. The number of nitrogens with zero attached hydrogens (tertiary/aromatic N) is 9. The van der Waals surface area contributed by atoms with Crippen molar-refractivity contribution in [2.75, 3.05) is 0 Å². The predicted octanol–water partition coefficient (Wildman–Crippen LogP) is 13.7. The second kappa shape index (κ2) is 18.0.